The molecule has 0 aromatic carbocycles. The molecule has 4 nitrogen and oxygen atoms in total. The van der Waals surface area contributed by atoms with Crippen molar-refractivity contribution in [1.82, 2.24) is 0 Å². The van der Waals surface area contributed by atoms with Gasteiger partial charge in [-0.2, -0.15) is 0 Å². The van der Waals surface area contributed by atoms with Gasteiger partial charge in [0.25, 0.3) is 0 Å². The summed E-state index contributed by atoms with van der Waals surface area (Å²) in [4.78, 5) is 23.7. The Morgan fingerprint density at radius 1 is 0.229 bits per heavy atom. The van der Waals surface area contributed by atoms with Gasteiger partial charge in [-0.3, -0.25) is 9.59 Å². The Morgan fingerprint density at radius 3 is 0.614 bits per heavy atom. The Bertz CT molecular complexity index is 975. The van der Waals surface area contributed by atoms with Gasteiger partial charge in [-0.25, -0.2) is 0 Å². The number of rotatable bonds is 59. The Labute approximate surface area is 441 Å². The third kappa shape index (κ3) is 68.8. The molecule has 0 amide bonds. The molecule has 0 saturated heterocycles. The third-order valence-corrected chi connectivity index (χ3v) is 14.6. The first-order valence-corrected chi connectivity index (χ1v) is 32.6. The lowest BCUT2D eigenvalue weighted by Gasteiger charge is -2.06. The van der Waals surface area contributed by atoms with E-state index in [0.29, 0.717) is 26.1 Å². The summed E-state index contributed by atoms with van der Waals surface area (Å²) in [5.74, 6) is 0.0417. The molecule has 0 atom stereocenters. The monoisotopic (exact) mass is 987 g/mol. The van der Waals surface area contributed by atoms with E-state index >= 15 is 0 Å². The van der Waals surface area contributed by atoms with Gasteiger partial charge in [0, 0.05) is 12.8 Å². The first-order chi connectivity index (χ1) is 34.6. The van der Waals surface area contributed by atoms with Crippen LogP contribution < -0.4 is 0 Å². The van der Waals surface area contributed by atoms with Crippen LogP contribution in [-0.2, 0) is 19.1 Å². The summed E-state index contributed by atoms with van der Waals surface area (Å²) in [5.41, 5.74) is 0. The zero-order chi connectivity index (χ0) is 51.0. The second kappa shape index (κ2) is 67.7. The van der Waals surface area contributed by atoms with Crippen LogP contribution in [0, 0.1) is 0 Å². The largest absolute Gasteiger partial charge is 0.466 e. The van der Waals surface area contributed by atoms with Crippen LogP contribution in [0.2, 0.25) is 0 Å². The van der Waals surface area contributed by atoms with Gasteiger partial charge in [0.15, 0.2) is 0 Å². The van der Waals surface area contributed by atoms with Crippen LogP contribution in [0.5, 0.6) is 0 Å². The van der Waals surface area contributed by atoms with Crippen LogP contribution in [-0.4, -0.2) is 25.2 Å². The maximum Gasteiger partial charge on any atom is 0.305 e. The van der Waals surface area contributed by atoms with Crippen LogP contribution >= 0.6 is 0 Å². The van der Waals surface area contributed by atoms with Crippen LogP contribution in [0.25, 0.3) is 0 Å². The van der Waals surface area contributed by atoms with Gasteiger partial charge in [0.2, 0.25) is 0 Å². The van der Waals surface area contributed by atoms with Crippen molar-refractivity contribution < 1.29 is 19.1 Å². The van der Waals surface area contributed by atoms with Crippen molar-refractivity contribution in [2.75, 3.05) is 13.2 Å². The summed E-state index contributed by atoms with van der Waals surface area (Å²) >= 11 is 0. The Balaban J connectivity index is 0. The number of esters is 2. The van der Waals surface area contributed by atoms with E-state index in [4.69, 9.17) is 9.47 Å². The first-order valence-electron chi connectivity index (χ1n) is 32.6. The van der Waals surface area contributed by atoms with E-state index < -0.39 is 0 Å². The topological polar surface area (TPSA) is 52.6 Å². The quantitative estimate of drug-likeness (QED) is 0.0346. The van der Waals surface area contributed by atoms with Crippen LogP contribution in [0.1, 0.15) is 387 Å². The second-order valence-electron chi connectivity index (χ2n) is 22.0. The first kappa shape index (κ1) is 70.8. The van der Waals surface area contributed by atoms with Crippen molar-refractivity contribution in [2.24, 2.45) is 0 Å². The summed E-state index contributed by atoms with van der Waals surface area (Å²) in [5, 5.41) is 0. The number of carbonyl (C=O) groups excluding carboxylic acids is 2. The molecular formula is C66H130O4. The fourth-order valence-corrected chi connectivity index (χ4v) is 9.74. The number of carbonyl (C=O) groups is 2. The fraction of sp³-hybridized carbons (Fsp3) is 0.939. The molecule has 0 aliphatic heterocycles. The lowest BCUT2D eigenvalue weighted by Crippen LogP contribution is -2.05. The maximum atomic E-state index is 11.9. The van der Waals surface area contributed by atoms with E-state index in [-0.39, 0.29) is 11.9 Å². The van der Waals surface area contributed by atoms with Gasteiger partial charge < -0.3 is 9.47 Å². The minimum Gasteiger partial charge on any atom is -0.466 e. The van der Waals surface area contributed by atoms with Crippen LogP contribution in [0.15, 0.2) is 12.2 Å². The molecule has 0 rings (SSSR count). The van der Waals surface area contributed by atoms with E-state index in [1.165, 1.54) is 315 Å². The average molecular weight is 988 g/mol. The normalized spacial score (nSPS) is 11.4. The van der Waals surface area contributed by atoms with Crippen molar-refractivity contribution in [3.8, 4) is 0 Å². The maximum absolute atomic E-state index is 11.9. The van der Waals surface area contributed by atoms with Gasteiger partial charge in [-0.05, 0) is 51.4 Å². The molecule has 0 spiro atoms. The van der Waals surface area contributed by atoms with E-state index in [9.17, 15) is 9.59 Å². The molecule has 0 bridgehead atoms. The van der Waals surface area contributed by atoms with E-state index in [1.807, 2.05) is 0 Å². The number of hydrogen-bond donors (Lipinski definition) is 0. The smallest absolute Gasteiger partial charge is 0.305 e. The van der Waals surface area contributed by atoms with Crippen molar-refractivity contribution in [3.05, 3.63) is 12.2 Å². The van der Waals surface area contributed by atoms with Crippen molar-refractivity contribution in [3.63, 3.8) is 0 Å². The highest BCUT2D eigenvalue weighted by Gasteiger charge is 2.05. The second-order valence-corrected chi connectivity index (χ2v) is 22.0. The predicted molar refractivity (Wildman–Crippen MR) is 312 cm³/mol. The highest BCUT2D eigenvalue weighted by molar-refractivity contribution is 5.69. The number of ether oxygens (including phenoxy) is 2. The van der Waals surface area contributed by atoms with Crippen molar-refractivity contribution in [1.29, 1.82) is 0 Å². The number of hydrogen-bond acceptors (Lipinski definition) is 4. The average Bonchev–Trinajstić information content (AvgIpc) is 3.36. The molecule has 4 heteroatoms. The molecule has 418 valence electrons. The molecule has 70 heavy (non-hydrogen) atoms. The molecule has 0 aromatic rings. The standard InChI is InChI=1S/C34H66O2.C32H64O2/c1-3-5-7-9-11-13-15-17-19-20-22-24-26-28-30-32-34(35)36-33-31-29-27-25-23-21-18-16-14-12-10-8-6-4-2;1-3-5-7-9-11-13-15-17-19-21-23-25-27-29-31-34-32(33)30-28-26-24-22-20-18-16-14-12-10-8-6-4-2/h17,19H,3-16,18,20-33H2,1-2H3;3-31H2,1-2H3/b19-17-;. The molecule has 0 aliphatic rings. The summed E-state index contributed by atoms with van der Waals surface area (Å²) in [6.45, 7) is 10.4. The fourth-order valence-electron chi connectivity index (χ4n) is 9.74. The lowest BCUT2D eigenvalue weighted by atomic mass is 10.0. The minimum absolute atomic E-state index is 0.0160. The molecule has 0 radical (unpaired) electrons. The summed E-state index contributed by atoms with van der Waals surface area (Å²) in [6.07, 6.45) is 78.3. The van der Waals surface area contributed by atoms with Gasteiger partial charge >= 0.3 is 11.9 Å². The molecule has 0 unspecified atom stereocenters. The summed E-state index contributed by atoms with van der Waals surface area (Å²) in [7, 11) is 0. The zero-order valence-corrected chi connectivity index (χ0v) is 48.8. The minimum atomic E-state index is 0.0160. The molecule has 0 aliphatic carbocycles. The summed E-state index contributed by atoms with van der Waals surface area (Å²) < 4.78 is 10.8. The Kier molecular flexibility index (Phi) is 68.4. The van der Waals surface area contributed by atoms with Crippen LogP contribution in [0.3, 0.4) is 0 Å². The van der Waals surface area contributed by atoms with Crippen molar-refractivity contribution in [2.45, 2.75) is 387 Å². The highest BCUT2D eigenvalue weighted by atomic mass is 16.5. The highest BCUT2D eigenvalue weighted by Crippen LogP contribution is 2.17. The third-order valence-electron chi connectivity index (χ3n) is 14.6. The summed E-state index contributed by atoms with van der Waals surface area (Å²) in [6, 6.07) is 0. The number of allylic oxidation sites excluding steroid dienone is 2. The molecule has 0 aromatic heterocycles. The van der Waals surface area contributed by atoms with Crippen molar-refractivity contribution >= 4 is 11.9 Å². The van der Waals surface area contributed by atoms with Crippen LogP contribution in [0.4, 0.5) is 0 Å². The molecule has 0 fully saturated rings. The Hall–Kier alpha value is -1.32. The molecule has 0 N–H and O–H groups in total. The van der Waals surface area contributed by atoms with Gasteiger partial charge in [-0.15, -0.1) is 0 Å². The number of unbranched alkanes of at least 4 members (excludes halogenated alkanes) is 49. The predicted octanol–water partition coefficient (Wildman–Crippen LogP) is 23.5. The van der Waals surface area contributed by atoms with Gasteiger partial charge in [0.05, 0.1) is 13.2 Å². The lowest BCUT2D eigenvalue weighted by molar-refractivity contribution is -0.144. The van der Waals surface area contributed by atoms with E-state index in [1.54, 1.807) is 0 Å². The van der Waals surface area contributed by atoms with Gasteiger partial charge in [0.1, 0.15) is 0 Å². The molecule has 0 saturated carbocycles. The van der Waals surface area contributed by atoms with E-state index in [2.05, 4.69) is 39.8 Å². The zero-order valence-electron chi connectivity index (χ0n) is 48.8. The molecule has 0 heterocycles. The molecular weight excluding hydrogens is 857 g/mol. The van der Waals surface area contributed by atoms with Gasteiger partial charge in [-0.1, -0.05) is 335 Å². The van der Waals surface area contributed by atoms with E-state index in [0.717, 1.165) is 32.1 Å². The Morgan fingerprint density at radius 2 is 0.400 bits per heavy atom. The SMILES string of the molecule is CCCCCCCC/C=C\CCCCCCCC(=O)OCCCCCCCCCCCCCCCC.CCCCCCCCCCCCCCCCOC(=O)CCCCCCCCCCCCCCC.